The molecule has 0 bridgehead atoms. The number of aromatic nitrogens is 1. The van der Waals surface area contributed by atoms with Gasteiger partial charge in [-0.1, -0.05) is 6.07 Å². The average molecular weight is 388 g/mol. The van der Waals surface area contributed by atoms with Crippen LogP contribution in [0.15, 0.2) is 73.1 Å². The van der Waals surface area contributed by atoms with Crippen molar-refractivity contribution in [3.8, 4) is 5.69 Å². The van der Waals surface area contributed by atoms with Crippen LogP contribution in [0.2, 0.25) is 0 Å². The highest BCUT2D eigenvalue weighted by molar-refractivity contribution is 6.05. The van der Waals surface area contributed by atoms with Gasteiger partial charge < -0.3 is 19.7 Å². The fourth-order valence-corrected chi connectivity index (χ4v) is 3.41. The molecule has 1 saturated heterocycles. The molecule has 148 valence electrons. The van der Waals surface area contributed by atoms with Crippen LogP contribution in [0.25, 0.3) is 5.69 Å². The van der Waals surface area contributed by atoms with E-state index in [-0.39, 0.29) is 11.8 Å². The van der Waals surface area contributed by atoms with E-state index in [2.05, 4.69) is 17.3 Å². The highest BCUT2D eigenvalue weighted by Crippen LogP contribution is 2.16. The minimum Gasteiger partial charge on any atom is -0.336 e. The lowest BCUT2D eigenvalue weighted by Gasteiger charge is -2.32. The number of nitrogens with one attached hydrogen (secondary N) is 1. The predicted molar refractivity (Wildman–Crippen MR) is 114 cm³/mol. The zero-order chi connectivity index (χ0) is 20.2. The molecule has 0 radical (unpaired) electrons. The summed E-state index contributed by atoms with van der Waals surface area (Å²) in [4.78, 5) is 29.4. The zero-order valence-corrected chi connectivity index (χ0v) is 16.4. The smallest absolute Gasteiger partial charge is 0.255 e. The summed E-state index contributed by atoms with van der Waals surface area (Å²) in [6.45, 7) is 3.26. The molecule has 6 heteroatoms. The molecule has 2 heterocycles. The minimum absolute atomic E-state index is 0.0374. The van der Waals surface area contributed by atoms with Gasteiger partial charge in [0.25, 0.3) is 11.8 Å². The van der Waals surface area contributed by atoms with E-state index in [1.807, 2.05) is 52.2 Å². The SMILES string of the molecule is CN1CCN(C(=O)c2ccc(NC(=O)c3cccc(-n4cccc4)c3)cc2)CC1. The van der Waals surface area contributed by atoms with Crippen molar-refractivity contribution in [2.24, 2.45) is 0 Å². The molecule has 2 aromatic carbocycles. The number of carbonyl (C=O) groups is 2. The monoisotopic (exact) mass is 388 g/mol. The van der Waals surface area contributed by atoms with Crippen molar-refractivity contribution < 1.29 is 9.59 Å². The Morgan fingerprint density at radius 2 is 1.52 bits per heavy atom. The molecule has 1 aromatic heterocycles. The number of hydrogen-bond donors (Lipinski definition) is 1. The third-order valence-electron chi connectivity index (χ3n) is 5.19. The van der Waals surface area contributed by atoms with Crippen LogP contribution in [-0.2, 0) is 0 Å². The van der Waals surface area contributed by atoms with Crippen LogP contribution in [0.4, 0.5) is 5.69 Å². The molecule has 0 saturated carbocycles. The third-order valence-corrected chi connectivity index (χ3v) is 5.19. The van der Waals surface area contributed by atoms with Crippen molar-refractivity contribution in [2.75, 3.05) is 38.5 Å². The number of hydrogen-bond acceptors (Lipinski definition) is 3. The first-order chi connectivity index (χ1) is 14.1. The van der Waals surface area contributed by atoms with Gasteiger partial charge in [-0.05, 0) is 61.6 Å². The Kier molecular flexibility index (Phi) is 5.44. The Bertz CT molecular complexity index is 988. The second-order valence-corrected chi connectivity index (χ2v) is 7.27. The van der Waals surface area contributed by atoms with Gasteiger partial charge in [-0.3, -0.25) is 9.59 Å². The summed E-state index contributed by atoms with van der Waals surface area (Å²) in [5, 5.41) is 2.90. The van der Waals surface area contributed by atoms with Gasteiger partial charge in [0.1, 0.15) is 0 Å². The van der Waals surface area contributed by atoms with Crippen molar-refractivity contribution in [3.05, 3.63) is 84.2 Å². The molecule has 1 aliphatic heterocycles. The Balaban J connectivity index is 1.42. The summed E-state index contributed by atoms with van der Waals surface area (Å²) in [6, 6.07) is 18.4. The average Bonchev–Trinajstić information content (AvgIpc) is 3.29. The normalized spacial score (nSPS) is 14.6. The maximum Gasteiger partial charge on any atom is 0.255 e. The molecule has 1 fully saturated rings. The lowest BCUT2D eigenvalue weighted by atomic mass is 10.1. The summed E-state index contributed by atoms with van der Waals surface area (Å²) in [6.07, 6.45) is 3.88. The Labute approximate surface area is 170 Å². The molecular formula is C23H24N4O2. The van der Waals surface area contributed by atoms with Gasteiger partial charge in [0.05, 0.1) is 0 Å². The lowest BCUT2D eigenvalue weighted by Crippen LogP contribution is -2.47. The second-order valence-electron chi connectivity index (χ2n) is 7.27. The van der Waals surface area contributed by atoms with Crippen LogP contribution < -0.4 is 5.32 Å². The molecule has 3 aromatic rings. The van der Waals surface area contributed by atoms with E-state index in [0.717, 1.165) is 31.9 Å². The molecule has 29 heavy (non-hydrogen) atoms. The van der Waals surface area contributed by atoms with Crippen molar-refractivity contribution in [1.82, 2.24) is 14.4 Å². The maximum absolute atomic E-state index is 12.6. The Morgan fingerprint density at radius 3 is 2.21 bits per heavy atom. The number of likely N-dealkylation sites (N-methyl/N-ethyl adjacent to an activating group) is 1. The van der Waals surface area contributed by atoms with Crippen molar-refractivity contribution in [3.63, 3.8) is 0 Å². The maximum atomic E-state index is 12.6. The van der Waals surface area contributed by atoms with Crippen LogP contribution in [0.1, 0.15) is 20.7 Å². The zero-order valence-electron chi connectivity index (χ0n) is 16.4. The van der Waals surface area contributed by atoms with Gasteiger partial charge in [-0.15, -0.1) is 0 Å². The summed E-state index contributed by atoms with van der Waals surface area (Å²) in [5.74, 6) is -0.146. The van der Waals surface area contributed by atoms with Crippen LogP contribution in [0.5, 0.6) is 0 Å². The van der Waals surface area contributed by atoms with Gasteiger partial charge >= 0.3 is 0 Å². The van der Waals surface area contributed by atoms with E-state index >= 15 is 0 Å². The predicted octanol–water partition coefficient (Wildman–Crippen LogP) is 3.12. The first kappa shape index (κ1) is 19.0. The van der Waals surface area contributed by atoms with Gasteiger partial charge in [0.2, 0.25) is 0 Å². The number of carbonyl (C=O) groups excluding carboxylic acids is 2. The fourth-order valence-electron chi connectivity index (χ4n) is 3.41. The van der Waals surface area contributed by atoms with Crippen molar-refractivity contribution in [2.45, 2.75) is 0 Å². The first-order valence-corrected chi connectivity index (χ1v) is 9.73. The van der Waals surface area contributed by atoms with Gasteiger partial charge in [-0.2, -0.15) is 0 Å². The number of nitrogens with zero attached hydrogens (tertiary/aromatic N) is 3. The largest absolute Gasteiger partial charge is 0.336 e. The van der Waals surface area contributed by atoms with E-state index in [4.69, 9.17) is 0 Å². The summed E-state index contributed by atoms with van der Waals surface area (Å²) >= 11 is 0. The van der Waals surface area contributed by atoms with E-state index in [1.165, 1.54) is 0 Å². The van der Waals surface area contributed by atoms with Gasteiger partial charge in [0, 0.05) is 61.1 Å². The minimum atomic E-state index is -0.183. The van der Waals surface area contributed by atoms with Gasteiger partial charge in [0.15, 0.2) is 0 Å². The molecule has 6 nitrogen and oxygen atoms in total. The fraction of sp³-hybridized carbons (Fsp3) is 0.217. The molecule has 1 aliphatic rings. The summed E-state index contributed by atoms with van der Waals surface area (Å²) in [5.41, 5.74) is 2.81. The molecule has 4 rings (SSSR count). The molecule has 0 aliphatic carbocycles. The van der Waals surface area contributed by atoms with Gasteiger partial charge in [-0.25, -0.2) is 0 Å². The van der Waals surface area contributed by atoms with E-state index in [0.29, 0.717) is 16.8 Å². The van der Waals surface area contributed by atoms with Crippen LogP contribution in [0.3, 0.4) is 0 Å². The van der Waals surface area contributed by atoms with E-state index in [1.54, 1.807) is 30.3 Å². The molecule has 0 atom stereocenters. The lowest BCUT2D eigenvalue weighted by molar-refractivity contribution is 0.0664. The number of anilines is 1. The first-order valence-electron chi connectivity index (χ1n) is 9.73. The third kappa shape index (κ3) is 4.38. The summed E-state index contributed by atoms with van der Waals surface area (Å²) in [7, 11) is 2.06. The molecule has 1 N–H and O–H groups in total. The Morgan fingerprint density at radius 1 is 0.828 bits per heavy atom. The van der Waals surface area contributed by atoms with Crippen LogP contribution in [-0.4, -0.2) is 59.4 Å². The van der Waals surface area contributed by atoms with Crippen molar-refractivity contribution in [1.29, 1.82) is 0 Å². The van der Waals surface area contributed by atoms with Crippen LogP contribution in [0, 0.1) is 0 Å². The molecule has 0 spiro atoms. The van der Waals surface area contributed by atoms with Crippen LogP contribution >= 0.6 is 0 Å². The highest BCUT2D eigenvalue weighted by Gasteiger charge is 2.20. The van der Waals surface area contributed by atoms with E-state index in [9.17, 15) is 9.59 Å². The second kappa shape index (κ2) is 8.32. The number of amides is 2. The highest BCUT2D eigenvalue weighted by atomic mass is 16.2. The van der Waals surface area contributed by atoms with Crippen molar-refractivity contribution >= 4 is 17.5 Å². The quantitative estimate of drug-likeness (QED) is 0.747. The topological polar surface area (TPSA) is 57.6 Å². The standard InChI is InChI=1S/C23H24N4O2/c1-25-13-15-27(16-14-25)23(29)18-7-9-20(10-8-18)24-22(28)19-5-4-6-21(17-19)26-11-2-3-12-26/h2-12,17H,13-16H2,1H3,(H,24,28). The number of piperazine rings is 1. The molecule has 2 amide bonds. The molecular weight excluding hydrogens is 364 g/mol. The number of rotatable bonds is 4. The molecule has 0 unspecified atom stereocenters. The number of benzene rings is 2. The van der Waals surface area contributed by atoms with E-state index < -0.39 is 0 Å². The Hall–Kier alpha value is -3.38. The summed E-state index contributed by atoms with van der Waals surface area (Å²) < 4.78 is 1.95.